The predicted octanol–water partition coefficient (Wildman–Crippen LogP) is 9.76. The summed E-state index contributed by atoms with van der Waals surface area (Å²) in [5, 5.41) is 20.4. The van der Waals surface area contributed by atoms with Gasteiger partial charge >= 0.3 is 0 Å². The summed E-state index contributed by atoms with van der Waals surface area (Å²) >= 11 is 0. The van der Waals surface area contributed by atoms with Crippen LogP contribution in [0.25, 0.3) is 0 Å². The molecule has 4 unspecified atom stereocenters. The predicted molar refractivity (Wildman–Crippen MR) is 184 cm³/mol. The highest BCUT2D eigenvalue weighted by molar-refractivity contribution is 5.39. The Morgan fingerprint density at radius 2 is 1.19 bits per heavy atom. The minimum atomic E-state index is -0.291. The summed E-state index contributed by atoms with van der Waals surface area (Å²) < 4.78 is 6.25. The Kier molecular flexibility index (Phi) is 11.3. The molecule has 1 aliphatic heterocycles. The zero-order chi connectivity index (χ0) is 32.1. The Morgan fingerprint density at radius 1 is 0.674 bits per heavy atom. The van der Waals surface area contributed by atoms with Crippen molar-refractivity contribution in [3.05, 3.63) is 119 Å². The van der Waals surface area contributed by atoms with E-state index < -0.39 is 0 Å². The molecule has 0 aromatic heterocycles. The molecular formula is C40H56O3. The monoisotopic (exact) mass is 584 g/mol. The van der Waals surface area contributed by atoms with Crippen molar-refractivity contribution in [1.29, 1.82) is 0 Å². The van der Waals surface area contributed by atoms with Crippen LogP contribution in [-0.2, 0) is 4.74 Å². The van der Waals surface area contributed by atoms with Gasteiger partial charge in [-0.15, -0.1) is 0 Å². The maximum atomic E-state index is 10.2. The van der Waals surface area contributed by atoms with Crippen LogP contribution in [0.15, 0.2) is 119 Å². The Balaban J connectivity index is 1.50. The molecule has 1 heterocycles. The van der Waals surface area contributed by atoms with Crippen LogP contribution in [0.3, 0.4) is 0 Å². The van der Waals surface area contributed by atoms with E-state index in [-0.39, 0.29) is 34.2 Å². The molecule has 0 aromatic rings. The van der Waals surface area contributed by atoms with E-state index in [4.69, 9.17) is 4.74 Å². The van der Waals surface area contributed by atoms with Gasteiger partial charge in [0.15, 0.2) is 0 Å². The topological polar surface area (TPSA) is 53.0 Å². The fourth-order valence-corrected chi connectivity index (χ4v) is 7.06. The molecule has 3 rings (SSSR count). The number of rotatable bonds is 10. The minimum Gasteiger partial charge on any atom is -0.393 e. The van der Waals surface area contributed by atoms with Crippen molar-refractivity contribution in [2.45, 2.75) is 118 Å². The number of hydrogen-bond donors (Lipinski definition) is 2. The molecule has 2 N–H and O–H groups in total. The van der Waals surface area contributed by atoms with Crippen LogP contribution in [0.1, 0.15) is 94.9 Å². The van der Waals surface area contributed by atoms with Gasteiger partial charge in [-0.05, 0) is 77.9 Å². The van der Waals surface area contributed by atoms with Crippen molar-refractivity contribution in [1.82, 2.24) is 0 Å². The third kappa shape index (κ3) is 8.91. The van der Waals surface area contributed by atoms with Crippen molar-refractivity contribution in [2.75, 3.05) is 0 Å². The molecule has 3 nitrogen and oxygen atoms in total. The maximum absolute atomic E-state index is 10.2. The SMILES string of the molecule is CC1=C(/C=C/C(C)=C/C=C/C(C)=C/C=C/C=C(C)/C=C/C=C(C)/C=C/C23OC2(C)CC(O)CC3(C)C)C(C)(C)CC(O)C1. The van der Waals surface area contributed by atoms with Gasteiger partial charge in [0.25, 0.3) is 0 Å². The second kappa shape index (κ2) is 13.9. The van der Waals surface area contributed by atoms with Crippen LogP contribution in [0.2, 0.25) is 0 Å². The van der Waals surface area contributed by atoms with Gasteiger partial charge in [0.05, 0.1) is 12.2 Å². The molecule has 0 spiro atoms. The number of fused-ring (bicyclic) bond motifs is 1. The summed E-state index contributed by atoms with van der Waals surface area (Å²) in [6, 6.07) is 0. The van der Waals surface area contributed by atoms with E-state index in [0.717, 1.165) is 19.3 Å². The highest BCUT2D eigenvalue weighted by Gasteiger charge is 2.74. The smallest absolute Gasteiger partial charge is 0.121 e. The molecule has 3 heteroatoms. The zero-order valence-electron chi connectivity index (χ0n) is 28.4. The first-order valence-electron chi connectivity index (χ1n) is 15.9. The van der Waals surface area contributed by atoms with Gasteiger partial charge in [0.1, 0.15) is 11.2 Å². The van der Waals surface area contributed by atoms with Crippen molar-refractivity contribution in [2.24, 2.45) is 10.8 Å². The molecular weight excluding hydrogens is 528 g/mol. The van der Waals surface area contributed by atoms with E-state index in [9.17, 15) is 10.2 Å². The van der Waals surface area contributed by atoms with Gasteiger partial charge in [-0.25, -0.2) is 0 Å². The van der Waals surface area contributed by atoms with Gasteiger partial charge in [0.2, 0.25) is 0 Å². The van der Waals surface area contributed by atoms with Crippen molar-refractivity contribution in [3.8, 4) is 0 Å². The molecule has 43 heavy (non-hydrogen) atoms. The Morgan fingerprint density at radius 3 is 1.72 bits per heavy atom. The number of aliphatic hydroxyl groups excluding tert-OH is 2. The van der Waals surface area contributed by atoms with Crippen molar-refractivity contribution in [3.63, 3.8) is 0 Å². The van der Waals surface area contributed by atoms with E-state index in [1.807, 2.05) is 0 Å². The molecule has 2 aliphatic carbocycles. The van der Waals surface area contributed by atoms with Gasteiger partial charge in [-0.3, -0.25) is 0 Å². The molecule has 1 saturated heterocycles. The largest absolute Gasteiger partial charge is 0.393 e. The van der Waals surface area contributed by atoms with Crippen molar-refractivity contribution >= 4 is 0 Å². The summed E-state index contributed by atoms with van der Waals surface area (Å²) in [6.45, 7) is 21.5. The number of ether oxygens (including phenoxy) is 1. The summed E-state index contributed by atoms with van der Waals surface area (Å²) in [4.78, 5) is 0. The van der Waals surface area contributed by atoms with Gasteiger partial charge in [0, 0.05) is 11.8 Å². The lowest BCUT2D eigenvalue weighted by Crippen LogP contribution is -2.46. The fraction of sp³-hybridized carbons (Fsp3) is 0.500. The number of allylic oxidation sites excluding steroid dienone is 18. The first kappa shape index (κ1) is 34.8. The van der Waals surface area contributed by atoms with Crippen LogP contribution in [-0.4, -0.2) is 33.6 Å². The number of aliphatic hydroxyl groups is 2. The fourth-order valence-electron chi connectivity index (χ4n) is 7.06. The van der Waals surface area contributed by atoms with Crippen molar-refractivity contribution < 1.29 is 14.9 Å². The second-order valence-corrected chi connectivity index (χ2v) is 14.6. The van der Waals surface area contributed by atoms with E-state index in [1.165, 1.54) is 33.4 Å². The number of epoxide rings is 1. The van der Waals surface area contributed by atoms with Gasteiger partial charge in [-0.1, -0.05) is 135 Å². The molecule has 3 aliphatic rings. The molecule has 1 saturated carbocycles. The average molecular weight is 585 g/mol. The molecule has 234 valence electrons. The van der Waals surface area contributed by atoms with E-state index in [1.54, 1.807) is 0 Å². The van der Waals surface area contributed by atoms with Crippen LogP contribution in [0.5, 0.6) is 0 Å². The minimum absolute atomic E-state index is 0.00262. The lowest BCUT2D eigenvalue weighted by molar-refractivity contribution is 0.0515. The first-order chi connectivity index (χ1) is 20.0. The molecule has 0 amide bonds. The summed E-state index contributed by atoms with van der Waals surface area (Å²) in [7, 11) is 0. The maximum Gasteiger partial charge on any atom is 0.121 e. The van der Waals surface area contributed by atoms with Gasteiger partial charge in [-0.2, -0.15) is 0 Å². The molecule has 2 fully saturated rings. The summed E-state index contributed by atoms with van der Waals surface area (Å²) in [5.41, 5.74) is 6.71. The Labute approximate surface area is 262 Å². The Hall–Kier alpha value is -2.72. The lowest BCUT2D eigenvalue weighted by atomic mass is 9.63. The zero-order valence-corrected chi connectivity index (χ0v) is 28.4. The van der Waals surface area contributed by atoms with E-state index in [0.29, 0.717) is 6.42 Å². The molecule has 0 aromatic carbocycles. The van der Waals surface area contributed by atoms with Crippen LogP contribution in [0.4, 0.5) is 0 Å². The van der Waals surface area contributed by atoms with Crippen LogP contribution < -0.4 is 0 Å². The van der Waals surface area contributed by atoms with Gasteiger partial charge < -0.3 is 14.9 Å². The normalized spacial score (nSPS) is 32.3. The quantitative estimate of drug-likeness (QED) is 0.198. The number of hydrogen-bond acceptors (Lipinski definition) is 3. The first-order valence-corrected chi connectivity index (χ1v) is 15.9. The third-order valence-electron chi connectivity index (χ3n) is 9.34. The van der Waals surface area contributed by atoms with E-state index >= 15 is 0 Å². The summed E-state index contributed by atoms with van der Waals surface area (Å²) in [5.74, 6) is 0. The average Bonchev–Trinajstić information content (AvgIpc) is 3.49. The molecule has 4 atom stereocenters. The van der Waals surface area contributed by atoms with Crippen LogP contribution >= 0.6 is 0 Å². The molecule has 0 radical (unpaired) electrons. The third-order valence-corrected chi connectivity index (χ3v) is 9.34. The highest BCUT2D eigenvalue weighted by Crippen LogP contribution is 2.66. The second-order valence-electron chi connectivity index (χ2n) is 14.6. The lowest BCUT2D eigenvalue weighted by Gasteiger charge is -2.39. The standard InChI is InChI=1S/C40H56O3/c1-29(17-13-19-31(3)21-22-36-33(5)25-34(41)26-37(36,6)7)15-11-12-16-30(2)18-14-20-32(4)23-24-40-38(8,9)27-35(42)28-39(40,10)43-40/h11-24,34-35,41-42H,25-28H2,1-10H3/b12-11+,17-13+,18-14+,22-21+,24-23+,29-15+,30-16+,31-19+,32-20+. The van der Waals surface area contributed by atoms with Crippen LogP contribution in [0, 0.1) is 10.8 Å². The summed E-state index contributed by atoms with van der Waals surface area (Å²) in [6.07, 6.45) is 32.3. The highest BCUT2D eigenvalue weighted by atomic mass is 16.6. The Bertz CT molecular complexity index is 1330. The van der Waals surface area contributed by atoms with E-state index in [2.05, 4.69) is 154 Å². The molecule has 0 bridgehead atoms.